The van der Waals surface area contributed by atoms with Gasteiger partial charge in [-0.2, -0.15) is 0 Å². The molecule has 0 aliphatic heterocycles. The maximum atomic E-state index is 13.0. The van der Waals surface area contributed by atoms with E-state index >= 15 is 0 Å². The van der Waals surface area contributed by atoms with Crippen molar-refractivity contribution in [2.24, 2.45) is 0 Å². The third-order valence-corrected chi connectivity index (χ3v) is 6.80. The van der Waals surface area contributed by atoms with Gasteiger partial charge in [0.2, 0.25) is 5.91 Å². The number of aromatic amines is 1. The van der Waals surface area contributed by atoms with Crippen LogP contribution in [0.2, 0.25) is 0 Å². The Labute approximate surface area is 231 Å². The highest BCUT2D eigenvalue weighted by Crippen LogP contribution is 2.34. The number of amides is 1. The molecule has 0 spiro atoms. The number of esters is 1. The number of nitrogens with zero attached hydrogens (tertiary/aromatic N) is 2. The second-order valence-corrected chi connectivity index (χ2v) is 9.30. The van der Waals surface area contributed by atoms with Crippen LogP contribution in [0.15, 0.2) is 60.9 Å². The fraction of sp³-hybridized carbons (Fsp3) is 0.233. The van der Waals surface area contributed by atoms with Crippen LogP contribution in [-0.4, -0.2) is 47.7 Å². The molecule has 0 atom stereocenters. The molecule has 5 rings (SSSR count). The van der Waals surface area contributed by atoms with Crippen molar-refractivity contribution in [3.05, 3.63) is 77.7 Å². The van der Waals surface area contributed by atoms with Gasteiger partial charge in [-0.3, -0.25) is 4.79 Å². The van der Waals surface area contributed by atoms with Gasteiger partial charge in [0, 0.05) is 42.5 Å². The van der Waals surface area contributed by atoms with E-state index in [4.69, 9.17) is 19.2 Å². The summed E-state index contributed by atoms with van der Waals surface area (Å²) in [7, 11) is 4.52. The first-order valence-corrected chi connectivity index (χ1v) is 12.8. The summed E-state index contributed by atoms with van der Waals surface area (Å²) in [6.07, 6.45) is 4.33. The quantitative estimate of drug-likeness (QED) is 0.210. The number of ether oxygens (including phenoxy) is 3. The van der Waals surface area contributed by atoms with Crippen LogP contribution >= 0.6 is 0 Å². The Hall–Kier alpha value is -4.99. The lowest BCUT2D eigenvalue weighted by molar-refractivity contribution is -0.114. The third-order valence-electron chi connectivity index (χ3n) is 6.80. The van der Waals surface area contributed by atoms with Crippen LogP contribution in [0, 0.1) is 0 Å². The van der Waals surface area contributed by atoms with E-state index in [2.05, 4.69) is 21.7 Å². The Morgan fingerprint density at radius 3 is 2.55 bits per heavy atom. The predicted octanol–water partition coefficient (Wildman–Crippen LogP) is 5.13. The SMILES string of the molecule is COC(=O)c1c(NC(C)=O)c2cc(NCc3ccc(OC)c(OC)c3)cnc2n1CCc1c[nH]c2ccccc12. The lowest BCUT2D eigenvalue weighted by Crippen LogP contribution is -2.16. The lowest BCUT2D eigenvalue weighted by atomic mass is 10.1. The van der Waals surface area contributed by atoms with Crippen molar-refractivity contribution in [1.29, 1.82) is 0 Å². The number of methoxy groups -OCH3 is 3. The van der Waals surface area contributed by atoms with Gasteiger partial charge in [-0.1, -0.05) is 24.3 Å². The number of carbonyl (C=O) groups excluding carboxylic acids is 2. The zero-order chi connectivity index (χ0) is 28.2. The fourth-order valence-corrected chi connectivity index (χ4v) is 4.92. The molecule has 5 aromatic rings. The molecule has 3 N–H and O–H groups in total. The second-order valence-electron chi connectivity index (χ2n) is 9.30. The van der Waals surface area contributed by atoms with Crippen LogP contribution in [0.1, 0.15) is 28.5 Å². The summed E-state index contributed by atoms with van der Waals surface area (Å²) in [4.78, 5) is 33.2. The van der Waals surface area contributed by atoms with Crippen molar-refractivity contribution >= 4 is 45.2 Å². The molecule has 0 fully saturated rings. The second kappa shape index (κ2) is 11.4. The van der Waals surface area contributed by atoms with E-state index < -0.39 is 5.97 Å². The molecule has 0 bridgehead atoms. The van der Waals surface area contributed by atoms with Crippen LogP contribution in [0.25, 0.3) is 21.9 Å². The Morgan fingerprint density at radius 2 is 1.80 bits per heavy atom. The number of nitrogens with one attached hydrogen (secondary N) is 3. The Morgan fingerprint density at radius 1 is 1.00 bits per heavy atom. The molecule has 40 heavy (non-hydrogen) atoms. The molecular weight excluding hydrogens is 510 g/mol. The number of fused-ring (bicyclic) bond motifs is 2. The number of pyridine rings is 1. The van der Waals surface area contributed by atoms with Crippen molar-refractivity contribution in [1.82, 2.24) is 14.5 Å². The number of benzene rings is 2. The maximum Gasteiger partial charge on any atom is 0.356 e. The van der Waals surface area contributed by atoms with E-state index in [0.29, 0.717) is 47.7 Å². The van der Waals surface area contributed by atoms with Gasteiger partial charge in [-0.05, 0) is 41.8 Å². The lowest BCUT2D eigenvalue weighted by Gasteiger charge is -2.11. The van der Waals surface area contributed by atoms with E-state index in [1.165, 1.54) is 14.0 Å². The first-order chi connectivity index (χ1) is 19.4. The smallest absolute Gasteiger partial charge is 0.356 e. The molecular formula is C30H31N5O5. The van der Waals surface area contributed by atoms with Gasteiger partial charge in [-0.25, -0.2) is 9.78 Å². The summed E-state index contributed by atoms with van der Waals surface area (Å²) in [6.45, 7) is 2.35. The number of hydrogen-bond acceptors (Lipinski definition) is 7. The largest absolute Gasteiger partial charge is 0.493 e. The van der Waals surface area contributed by atoms with Crippen LogP contribution in [0.4, 0.5) is 11.4 Å². The molecule has 3 heterocycles. The highest BCUT2D eigenvalue weighted by Gasteiger charge is 2.26. The minimum absolute atomic E-state index is 0.247. The van der Waals surface area contributed by atoms with Crippen molar-refractivity contribution in [2.75, 3.05) is 32.0 Å². The number of aromatic nitrogens is 3. The van der Waals surface area contributed by atoms with Crippen LogP contribution < -0.4 is 20.1 Å². The molecule has 0 aliphatic rings. The van der Waals surface area contributed by atoms with E-state index in [1.54, 1.807) is 20.4 Å². The van der Waals surface area contributed by atoms with Gasteiger partial charge in [0.25, 0.3) is 0 Å². The molecule has 10 nitrogen and oxygen atoms in total. The number of hydrogen-bond donors (Lipinski definition) is 3. The van der Waals surface area contributed by atoms with Gasteiger partial charge in [0.15, 0.2) is 17.2 Å². The first kappa shape index (κ1) is 26.6. The molecule has 0 radical (unpaired) electrons. The third kappa shape index (κ3) is 5.15. The monoisotopic (exact) mass is 541 g/mol. The summed E-state index contributed by atoms with van der Waals surface area (Å²) >= 11 is 0. The summed E-state index contributed by atoms with van der Waals surface area (Å²) in [6, 6.07) is 15.6. The number of anilines is 2. The minimum atomic E-state index is -0.555. The Balaban J connectivity index is 1.51. The van der Waals surface area contributed by atoms with Crippen molar-refractivity contribution in [3.63, 3.8) is 0 Å². The van der Waals surface area contributed by atoms with Crippen molar-refractivity contribution in [3.8, 4) is 11.5 Å². The van der Waals surface area contributed by atoms with E-state index in [9.17, 15) is 9.59 Å². The molecule has 0 aliphatic carbocycles. The average Bonchev–Trinajstić information content (AvgIpc) is 3.52. The van der Waals surface area contributed by atoms with E-state index in [-0.39, 0.29) is 11.6 Å². The first-order valence-electron chi connectivity index (χ1n) is 12.8. The zero-order valence-electron chi connectivity index (χ0n) is 22.8. The van der Waals surface area contributed by atoms with Gasteiger partial charge in [0.05, 0.1) is 38.9 Å². The summed E-state index contributed by atoms with van der Waals surface area (Å²) in [5, 5.41) is 7.96. The standard InChI is InChI=1S/C30H31N5O5/c1-18(36)34-27-23-14-21(31-15-19-9-10-25(38-2)26(13-19)39-3)17-33-29(23)35(28(27)30(37)40-4)12-11-20-16-32-24-8-6-5-7-22(20)24/h5-10,13-14,16-17,31-32H,11-12,15H2,1-4H3,(H,34,36). The van der Waals surface area contributed by atoms with Gasteiger partial charge < -0.3 is 34.4 Å². The maximum absolute atomic E-state index is 13.0. The van der Waals surface area contributed by atoms with Crippen LogP contribution in [0.5, 0.6) is 11.5 Å². The van der Waals surface area contributed by atoms with Crippen molar-refractivity contribution in [2.45, 2.75) is 26.4 Å². The summed E-state index contributed by atoms with van der Waals surface area (Å²) < 4.78 is 17.7. The molecule has 206 valence electrons. The predicted molar refractivity (Wildman–Crippen MR) is 154 cm³/mol. The molecule has 0 unspecified atom stereocenters. The Bertz CT molecular complexity index is 1700. The highest BCUT2D eigenvalue weighted by atomic mass is 16.5. The number of carbonyl (C=O) groups is 2. The normalized spacial score (nSPS) is 11.0. The highest BCUT2D eigenvalue weighted by molar-refractivity contribution is 6.11. The van der Waals surface area contributed by atoms with Gasteiger partial charge in [-0.15, -0.1) is 0 Å². The zero-order valence-corrected chi connectivity index (χ0v) is 22.8. The van der Waals surface area contributed by atoms with E-state index in [1.807, 2.05) is 53.2 Å². The molecule has 10 heteroatoms. The molecule has 3 aromatic heterocycles. The average molecular weight is 542 g/mol. The number of para-hydroxylation sites is 1. The fourth-order valence-electron chi connectivity index (χ4n) is 4.92. The molecule has 0 saturated carbocycles. The molecule has 0 saturated heterocycles. The van der Waals surface area contributed by atoms with Gasteiger partial charge in [0.1, 0.15) is 5.65 Å². The summed E-state index contributed by atoms with van der Waals surface area (Å²) in [5.74, 6) is 0.432. The number of aryl methyl sites for hydroxylation is 2. The molecule has 2 aromatic carbocycles. The van der Waals surface area contributed by atoms with Crippen LogP contribution in [0.3, 0.4) is 0 Å². The Kier molecular flexibility index (Phi) is 7.59. The van der Waals surface area contributed by atoms with E-state index in [0.717, 1.165) is 27.7 Å². The summed E-state index contributed by atoms with van der Waals surface area (Å²) in [5.41, 5.74) is 5.05. The number of H-pyrrole nitrogens is 1. The number of rotatable bonds is 10. The minimum Gasteiger partial charge on any atom is -0.493 e. The topological polar surface area (TPSA) is 120 Å². The van der Waals surface area contributed by atoms with Crippen LogP contribution in [-0.2, 0) is 29.0 Å². The van der Waals surface area contributed by atoms with Gasteiger partial charge >= 0.3 is 5.97 Å². The molecule has 1 amide bonds. The van der Waals surface area contributed by atoms with Crippen molar-refractivity contribution < 1.29 is 23.8 Å².